The van der Waals surface area contributed by atoms with Gasteiger partial charge in [0.1, 0.15) is 11.9 Å². The Hall–Kier alpha value is -1.86. The molecule has 0 aromatic heterocycles. The van der Waals surface area contributed by atoms with Crippen LogP contribution in [0, 0.1) is 16.7 Å². The largest absolute Gasteiger partial charge is 0.507 e. The summed E-state index contributed by atoms with van der Waals surface area (Å²) >= 11 is 0. The van der Waals surface area contributed by atoms with E-state index in [1.54, 1.807) is 12.1 Å². The molecule has 0 bridgehead atoms. The highest BCUT2D eigenvalue weighted by molar-refractivity contribution is 5.55. The summed E-state index contributed by atoms with van der Waals surface area (Å²) in [6, 6.07) is 7.53. The highest BCUT2D eigenvalue weighted by Crippen LogP contribution is 2.37. The van der Waals surface area contributed by atoms with Crippen LogP contribution in [0.2, 0.25) is 0 Å². The molecule has 1 aliphatic heterocycles. The van der Waals surface area contributed by atoms with Crippen molar-refractivity contribution >= 4 is 6.08 Å². The molecule has 0 amide bonds. The van der Waals surface area contributed by atoms with Crippen LogP contribution in [0.1, 0.15) is 30.9 Å². The molecule has 4 heteroatoms. The van der Waals surface area contributed by atoms with Crippen molar-refractivity contribution in [2.75, 3.05) is 13.1 Å². The third-order valence-corrected chi connectivity index (χ3v) is 4.38. The van der Waals surface area contributed by atoms with Crippen molar-refractivity contribution in [3.63, 3.8) is 0 Å². The smallest absolute Gasteiger partial charge is 0.123 e. The van der Waals surface area contributed by atoms with E-state index >= 15 is 0 Å². The van der Waals surface area contributed by atoms with E-state index in [0.29, 0.717) is 25.1 Å². The van der Waals surface area contributed by atoms with E-state index in [9.17, 15) is 9.50 Å². The van der Waals surface area contributed by atoms with Crippen LogP contribution in [0.3, 0.4) is 0 Å². The fraction of sp³-hybridized carbons (Fsp3) is 0.471. The first kappa shape index (κ1) is 15.5. The summed E-state index contributed by atoms with van der Waals surface area (Å²) in [5.74, 6) is 0.200. The second kappa shape index (κ2) is 6.28. The van der Waals surface area contributed by atoms with Gasteiger partial charge in [-0.1, -0.05) is 31.7 Å². The number of phenolic OH excluding ortho intramolecular Hbond substituents is 1. The number of hydrogen-bond acceptors (Lipinski definition) is 3. The number of benzene rings is 1. The predicted molar refractivity (Wildman–Crippen MR) is 81.3 cm³/mol. The Bertz CT molecular complexity index is 566. The number of alkyl halides is 1. The average Bonchev–Trinajstić information content (AvgIpc) is 2.44. The van der Waals surface area contributed by atoms with Gasteiger partial charge in [-0.2, -0.15) is 5.26 Å². The summed E-state index contributed by atoms with van der Waals surface area (Å²) in [7, 11) is 0. The monoisotopic (exact) mass is 288 g/mol. The number of halogens is 1. The van der Waals surface area contributed by atoms with Crippen LogP contribution in [-0.2, 0) is 6.54 Å². The van der Waals surface area contributed by atoms with Crippen LogP contribution in [0.4, 0.5) is 4.39 Å². The van der Waals surface area contributed by atoms with Gasteiger partial charge >= 0.3 is 0 Å². The maximum atomic E-state index is 14.3. The predicted octanol–water partition coefficient (Wildman–Crippen LogP) is 3.50. The maximum absolute atomic E-state index is 14.3. The van der Waals surface area contributed by atoms with Gasteiger partial charge in [-0.05, 0) is 24.6 Å². The molecule has 112 valence electrons. The van der Waals surface area contributed by atoms with Crippen molar-refractivity contribution < 1.29 is 9.50 Å². The number of piperidine rings is 1. The molecule has 1 saturated heterocycles. The molecule has 2 atom stereocenters. The molecule has 2 rings (SSSR count). The molecule has 3 nitrogen and oxygen atoms in total. The first-order valence-electron chi connectivity index (χ1n) is 7.16. The number of aromatic hydroxyl groups is 1. The molecule has 1 aromatic carbocycles. The summed E-state index contributed by atoms with van der Waals surface area (Å²) < 4.78 is 14.3. The highest BCUT2D eigenvalue weighted by Gasteiger charge is 2.39. The minimum Gasteiger partial charge on any atom is -0.507 e. The van der Waals surface area contributed by atoms with E-state index in [1.165, 1.54) is 0 Å². The number of phenols is 1. The number of rotatable bonds is 4. The van der Waals surface area contributed by atoms with E-state index in [2.05, 4.69) is 12.6 Å². The number of nitrogens with zero attached hydrogens (tertiary/aromatic N) is 2. The standard InChI is InChI=1S/C17H21FN2O/c1-3-14-5-4-13(10-15(14)21)11-20-9-7-17(2,6-8-19)16(18)12-20/h3-5,10,16,21H,1,6-7,9,11-12H2,2H3/t16?,17-/m0/s1. The minimum atomic E-state index is -0.994. The Morgan fingerprint density at radius 2 is 2.38 bits per heavy atom. The second-order valence-corrected chi connectivity index (χ2v) is 6.04. The lowest BCUT2D eigenvalue weighted by atomic mass is 9.76. The summed E-state index contributed by atoms with van der Waals surface area (Å²) in [6.07, 6.45) is 1.55. The molecule has 1 heterocycles. The second-order valence-electron chi connectivity index (χ2n) is 6.04. The zero-order valence-corrected chi connectivity index (χ0v) is 12.3. The summed E-state index contributed by atoms with van der Waals surface area (Å²) in [5, 5.41) is 18.6. The van der Waals surface area contributed by atoms with Crippen LogP contribution in [-0.4, -0.2) is 29.3 Å². The zero-order chi connectivity index (χ0) is 15.5. The molecule has 21 heavy (non-hydrogen) atoms. The van der Waals surface area contributed by atoms with Gasteiger partial charge in [0.15, 0.2) is 0 Å². The molecular formula is C17H21FN2O. The van der Waals surface area contributed by atoms with Gasteiger partial charge in [0.05, 0.1) is 6.07 Å². The zero-order valence-electron chi connectivity index (χ0n) is 12.3. The third kappa shape index (κ3) is 3.43. The Labute approximate surface area is 125 Å². The molecule has 0 aliphatic carbocycles. The SMILES string of the molecule is C=Cc1ccc(CN2CC[C@](C)(CC#N)C(F)C2)cc1O. The van der Waals surface area contributed by atoms with Crippen molar-refractivity contribution in [2.45, 2.75) is 32.5 Å². The molecule has 1 N–H and O–H groups in total. The van der Waals surface area contributed by atoms with Crippen LogP contribution in [0.25, 0.3) is 6.08 Å². The molecule has 1 aromatic rings. The van der Waals surface area contributed by atoms with Gasteiger partial charge in [-0.3, -0.25) is 4.90 Å². The normalized spacial score (nSPS) is 26.2. The summed E-state index contributed by atoms with van der Waals surface area (Å²) in [6.45, 7) is 7.19. The van der Waals surface area contributed by atoms with Crippen LogP contribution in [0.5, 0.6) is 5.75 Å². The van der Waals surface area contributed by atoms with Crippen LogP contribution >= 0.6 is 0 Å². The van der Waals surface area contributed by atoms with Crippen molar-refractivity contribution in [3.8, 4) is 11.8 Å². The Morgan fingerprint density at radius 3 is 2.95 bits per heavy atom. The van der Waals surface area contributed by atoms with Crippen molar-refractivity contribution in [2.24, 2.45) is 5.41 Å². The van der Waals surface area contributed by atoms with Crippen LogP contribution < -0.4 is 0 Å². The van der Waals surface area contributed by atoms with Crippen molar-refractivity contribution in [1.82, 2.24) is 4.90 Å². The summed E-state index contributed by atoms with van der Waals surface area (Å²) in [4.78, 5) is 2.03. The van der Waals surface area contributed by atoms with E-state index in [4.69, 9.17) is 5.26 Å². The van der Waals surface area contributed by atoms with E-state index in [1.807, 2.05) is 24.0 Å². The quantitative estimate of drug-likeness (QED) is 0.922. The Morgan fingerprint density at radius 1 is 1.62 bits per heavy atom. The van der Waals surface area contributed by atoms with E-state index < -0.39 is 11.6 Å². The van der Waals surface area contributed by atoms with Gasteiger partial charge in [-0.15, -0.1) is 0 Å². The third-order valence-electron chi connectivity index (χ3n) is 4.38. The Balaban J connectivity index is 2.01. The van der Waals surface area contributed by atoms with Gasteiger partial charge < -0.3 is 5.11 Å². The first-order chi connectivity index (χ1) is 9.98. The molecular weight excluding hydrogens is 267 g/mol. The fourth-order valence-corrected chi connectivity index (χ4v) is 2.75. The molecule has 1 unspecified atom stereocenters. The van der Waals surface area contributed by atoms with Gasteiger partial charge in [-0.25, -0.2) is 4.39 Å². The number of nitriles is 1. The molecule has 0 radical (unpaired) electrons. The average molecular weight is 288 g/mol. The molecule has 0 saturated carbocycles. The molecule has 0 spiro atoms. The van der Waals surface area contributed by atoms with Gasteiger partial charge in [0.2, 0.25) is 0 Å². The molecule has 1 fully saturated rings. The minimum absolute atomic E-state index is 0.200. The lowest BCUT2D eigenvalue weighted by Crippen LogP contribution is -2.47. The van der Waals surface area contributed by atoms with E-state index in [-0.39, 0.29) is 12.2 Å². The van der Waals surface area contributed by atoms with Gasteiger partial charge in [0, 0.05) is 30.5 Å². The Kier molecular flexibility index (Phi) is 4.64. The lowest BCUT2D eigenvalue weighted by Gasteiger charge is -2.41. The number of likely N-dealkylation sites (tertiary alicyclic amines) is 1. The summed E-state index contributed by atoms with van der Waals surface area (Å²) in [5.41, 5.74) is 1.12. The highest BCUT2D eigenvalue weighted by atomic mass is 19.1. The van der Waals surface area contributed by atoms with Crippen LogP contribution in [0.15, 0.2) is 24.8 Å². The maximum Gasteiger partial charge on any atom is 0.123 e. The fourth-order valence-electron chi connectivity index (χ4n) is 2.75. The van der Waals surface area contributed by atoms with Gasteiger partial charge in [0.25, 0.3) is 0 Å². The van der Waals surface area contributed by atoms with Crippen molar-refractivity contribution in [3.05, 3.63) is 35.9 Å². The topological polar surface area (TPSA) is 47.3 Å². The number of hydrogen-bond donors (Lipinski definition) is 1. The molecule has 1 aliphatic rings. The van der Waals surface area contributed by atoms with E-state index in [0.717, 1.165) is 12.1 Å². The first-order valence-corrected chi connectivity index (χ1v) is 7.16. The lowest BCUT2D eigenvalue weighted by molar-refractivity contribution is 0.0186. The van der Waals surface area contributed by atoms with Crippen molar-refractivity contribution in [1.29, 1.82) is 5.26 Å².